The van der Waals surface area contributed by atoms with Crippen molar-refractivity contribution in [2.45, 2.75) is 112 Å². The van der Waals surface area contributed by atoms with Crippen LogP contribution in [0, 0.1) is 63.6 Å². The number of rotatable bonds is 6. The third-order valence-corrected chi connectivity index (χ3v) is 12.7. The van der Waals surface area contributed by atoms with Crippen molar-refractivity contribution in [3.63, 3.8) is 0 Å². The normalized spacial score (nSPS) is 50.8. The summed E-state index contributed by atoms with van der Waals surface area (Å²) < 4.78 is 0. The Morgan fingerprint density at radius 1 is 0.969 bits per heavy atom. The average Bonchev–Trinajstić information content (AvgIpc) is 3.27. The van der Waals surface area contributed by atoms with Crippen LogP contribution in [0.25, 0.3) is 0 Å². The van der Waals surface area contributed by atoms with Crippen LogP contribution in [0.3, 0.4) is 0 Å². The zero-order chi connectivity index (χ0) is 23.2. The molecule has 182 valence electrons. The number of fused-ring (bicyclic) bond motifs is 4. The summed E-state index contributed by atoms with van der Waals surface area (Å²) in [6.45, 7) is 13.6. The Bertz CT molecular complexity index is 762. The number of hydrogen-bond donors (Lipinski definition) is 2. The molecule has 0 unspecified atom stereocenters. The molecule has 0 bridgehead atoms. The van der Waals surface area contributed by atoms with Crippen molar-refractivity contribution in [1.29, 1.82) is 0 Å². The lowest BCUT2D eigenvalue weighted by molar-refractivity contribution is -0.153. The van der Waals surface area contributed by atoms with Crippen LogP contribution >= 0.6 is 0 Å². The fourth-order valence-corrected chi connectivity index (χ4v) is 10.8. The molecule has 0 aromatic heterocycles. The molecule has 1 spiro atoms. The van der Waals surface area contributed by atoms with Gasteiger partial charge in [-0.1, -0.05) is 48.0 Å². The summed E-state index contributed by atoms with van der Waals surface area (Å²) in [6.07, 6.45) is 9.02. The average molecular weight is 445 g/mol. The van der Waals surface area contributed by atoms with E-state index >= 15 is 0 Å². The monoisotopic (exact) mass is 444 g/mol. The van der Waals surface area contributed by atoms with Gasteiger partial charge in [-0.15, -0.1) is 0 Å². The Morgan fingerprint density at radius 2 is 1.69 bits per heavy atom. The van der Waals surface area contributed by atoms with Gasteiger partial charge >= 0.3 is 0 Å². The predicted octanol–water partition coefficient (Wildman–Crippen LogP) is 5.86. The first-order chi connectivity index (χ1) is 15.0. The highest BCUT2D eigenvalue weighted by atomic mass is 16.3. The molecule has 32 heavy (non-hydrogen) atoms. The zero-order valence-corrected chi connectivity index (χ0v) is 21.4. The lowest BCUT2D eigenvalue weighted by atomic mass is 9.45. The summed E-state index contributed by atoms with van der Waals surface area (Å²) in [5.74, 6) is 4.27. The molecule has 5 rings (SSSR count). The summed E-state index contributed by atoms with van der Waals surface area (Å²) in [7, 11) is 0. The van der Waals surface area contributed by atoms with Crippen LogP contribution in [-0.4, -0.2) is 28.2 Å². The number of carbonyl (C=O) groups excluding carboxylic acids is 1. The Morgan fingerprint density at radius 3 is 2.31 bits per heavy atom. The molecule has 3 nitrogen and oxygen atoms in total. The van der Waals surface area contributed by atoms with Crippen LogP contribution in [-0.2, 0) is 4.79 Å². The molecule has 5 saturated carbocycles. The summed E-state index contributed by atoms with van der Waals surface area (Å²) >= 11 is 0. The second-order valence-electron chi connectivity index (χ2n) is 13.7. The Kier molecular flexibility index (Phi) is 5.50. The van der Waals surface area contributed by atoms with Crippen molar-refractivity contribution in [2.24, 2.45) is 63.6 Å². The van der Waals surface area contributed by atoms with E-state index in [0.717, 1.165) is 25.2 Å². The van der Waals surface area contributed by atoms with E-state index in [1.54, 1.807) is 0 Å². The first kappa shape index (κ1) is 23.3. The minimum atomic E-state index is -0.656. The second-order valence-corrected chi connectivity index (χ2v) is 13.7. The SMILES string of the molecule is CC[C@@H](C(C)C)[C@H](O)[C@@H](O)[C@@H](C)[C@H]1CC[C@H]2[C@@H]3CC(=O)[C@]45C[C@H]4CC[C@]5(C)[C@H]3CC[C@]12C. The van der Waals surface area contributed by atoms with E-state index in [9.17, 15) is 15.0 Å². The maximum absolute atomic E-state index is 13.5. The molecule has 12 atom stereocenters. The van der Waals surface area contributed by atoms with Crippen LogP contribution in [0.1, 0.15) is 99.3 Å². The molecule has 2 N–H and O–H groups in total. The van der Waals surface area contributed by atoms with Gasteiger partial charge in [0.05, 0.1) is 12.2 Å². The first-order valence-corrected chi connectivity index (χ1v) is 13.9. The predicted molar refractivity (Wildman–Crippen MR) is 128 cm³/mol. The molecule has 5 aliphatic rings. The molecule has 0 aromatic carbocycles. The maximum atomic E-state index is 13.5. The fourth-order valence-electron chi connectivity index (χ4n) is 10.8. The number of ketones is 1. The summed E-state index contributed by atoms with van der Waals surface area (Å²) in [6, 6.07) is 0. The third-order valence-electron chi connectivity index (χ3n) is 12.7. The van der Waals surface area contributed by atoms with E-state index in [0.29, 0.717) is 35.4 Å². The molecule has 0 radical (unpaired) electrons. The number of carbonyl (C=O) groups is 1. The third kappa shape index (κ3) is 2.82. The van der Waals surface area contributed by atoms with Gasteiger partial charge in [0.2, 0.25) is 0 Å². The van der Waals surface area contributed by atoms with Gasteiger partial charge in [0.1, 0.15) is 5.78 Å². The Hall–Kier alpha value is -0.410. The Balaban J connectivity index is 1.36. The minimum absolute atomic E-state index is 0.0690. The smallest absolute Gasteiger partial charge is 0.140 e. The van der Waals surface area contributed by atoms with Gasteiger partial charge in [-0.25, -0.2) is 0 Å². The molecule has 5 aliphatic carbocycles. The second kappa shape index (κ2) is 7.54. The molecule has 0 aliphatic heterocycles. The van der Waals surface area contributed by atoms with Crippen molar-refractivity contribution < 1.29 is 15.0 Å². The van der Waals surface area contributed by atoms with Crippen molar-refractivity contribution >= 4 is 5.78 Å². The number of aliphatic hydroxyl groups excluding tert-OH is 2. The van der Waals surface area contributed by atoms with Gasteiger partial charge in [0, 0.05) is 11.8 Å². The minimum Gasteiger partial charge on any atom is -0.390 e. The lowest BCUT2D eigenvalue weighted by Crippen LogP contribution is -2.55. The van der Waals surface area contributed by atoms with E-state index in [4.69, 9.17) is 0 Å². The maximum Gasteiger partial charge on any atom is 0.140 e. The molecule has 3 heteroatoms. The summed E-state index contributed by atoms with van der Waals surface area (Å²) in [4.78, 5) is 13.5. The van der Waals surface area contributed by atoms with Crippen molar-refractivity contribution in [1.82, 2.24) is 0 Å². The van der Waals surface area contributed by atoms with E-state index in [1.165, 1.54) is 38.5 Å². The molecule has 0 amide bonds. The van der Waals surface area contributed by atoms with Crippen molar-refractivity contribution in [3.05, 3.63) is 0 Å². The molecule has 0 saturated heterocycles. The number of hydrogen-bond acceptors (Lipinski definition) is 3. The fraction of sp³-hybridized carbons (Fsp3) is 0.966. The largest absolute Gasteiger partial charge is 0.390 e. The van der Waals surface area contributed by atoms with Crippen molar-refractivity contribution in [2.75, 3.05) is 0 Å². The highest BCUT2D eigenvalue weighted by molar-refractivity contribution is 5.91. The van der Waals surface area contributed by atoms with E-state index in [1.807, 2.05) is 0 Å². The highest BCUT2D eigenvalue weighted by Gasteiger charge is 2.77. The van der Waals surface area contributed by atoms with Gasteiger partial charge in [-0.3, -0.25) is 4.79 Å². The van der Waals surface area contributed by atoms with Crippen LogP contribution in [0.15, 0.2) is 0 Å². The molecular weight excluding hydrogens is 396 g/mol. The van der Waals surface area contributed by atoms with Crippen LogP contribution < -0.4 is 0 Å². The van der Waals surface area contributed by atoms with Crippen LogP contribution in [0.5, 0.6) is 0 Å². The molecule has 0 heterocycles. The topological polar surface area (TPSA) is 57.5 Å². The molecular formula is C29H48O3. The van der Waals surface area contributed by atoms with Gasteiger partial charge in [0.15, 0.2) is 0 Å². The molecule has 0 aromatic rings. The van der Waals surface area contributed by atoms with Gasteiger partial charge in [-0.2, -0.15) is 0 Å². The first-order valence-electron chi connectivity index (χ1n) is 13.9. The van der Waals surface area contributed by atoms with Crippen molar-refractivity contribution in [3.8, 4) is 0 Å². The zero-order valence-electron chi connectivity index (χ0n) is 21.4. The molecule has 5 fully saturated rings. The number of Topliss-reactive ketones (excluding diaryl/α,β-unsaturated/α-hetero) is 1. The summed E-state index contributed by atoms with van der Waals surface area (Å²) in [5.41, 5.74) is 0.521. The van der Waals surface area contributed by atoms with E-state index in [-0.39, 0.29) is 28.1 Å². The quantitative estimate of drug-likeness (QED) is 0.539. The summed E-state index contributed by atoms with van der Waals surface area (Å²) in [5, 5.41) is 22.3. The highest BCUT2D eigenvalue weighted by Crippen LogP contribution is 2.80. The van der Waals surface area contributed by atoms with E-state index in [2.05, 4.69) is 41.5 Å². The van der Waals surface area contributed by atoms with Crippen LogP contribution in [0.4, 0.5) is 0 Å². The van der Waals surface area contributed by atoms with Gasteiger partial charge < -0.3 is 10.2 Å². The van der Waals surface area contributed by atoms with Gasteiger partial charge in [0.25, 0.3) is 0 Å². The lowest BCUT2D eigenvalue weighted by Gasteiger charge is -2.58. The standard InChI is InChI=1S/C29H48O3/c1-7-19(16(2)3)26(32)25(31)17(4)21-8-9-22-20-14-24(30)29-15-18(29)10-13-28(29,6)23(20)11-12-27(21,22)5/h16-23,25-26,31-32H,7-15H2,1-6H3/t17-,18+,19-,20-,21+,22-,23-,25-,26-,27+,28+,29-/m0/s1. The van der Waals surface area contributed by atoms with Crippen LogP contribution in [0.2, 0.25) is 0 Å². The Labute approximate surface area is 196 Å². The van der Waals surface area contributed by atoms with E-state index < -0.39 is 12.2 Å². The number of aliphatic hydroxyl groups is 2. The van der Waals surface area contributed by atoms with Gasteiger partial charge in [-0.05, 0) is 103 Å².